The molecule has 0 radical (unpaired) electrons. The molecule has 1 rings (SSSR count). The Morgan fingerprint density at radius 2 is 2.00 bits per heavy atom. The molecule has 0 aromatic carbocycles. The largest absolute Gasteiger partial charge is 0.371 e. The standard InChI is InChI=1S/C13H22BrN3O/c1-5-8-10(18-7-3)12-16-9(4)11(14)13(17-12)15-6-2/h10H,5-8H2,1-4H3,(H,15,16,17). The molecule has 1 N–H and O–H groups in total. The van der Waals surface area contributed by atoms with Crippen LogP contribution in [0.3, 0.4) is 0 Å². The summed E-state index contributed by atoms with van der Waals surface area (Å²) in [7, 11) is 0. The van der Waals surface area contributed by atoms with Crippen molar-refractivity contribution < 1.29 is 4.74 Å². The quantitative estimate of drug-likeness (QED) is 0.830. The van der Waals surface area contributed by atoms with Gasteiger partial charge < -0.3 is 10.1 Å². The summed E-state index contributed by atoms with van der Waals surface area (Å²) in [6.45, 7) is 9.68. The third kappa shape index (κ3) is 3.92. The van der Waals surface area contributed by atoms with E-state index in [-0.39, 0.29) is 6.10 Å². The Bertz CT molecular complexity index is 379. The van der Waals surface area contributed by atoms with E-state index in [0.717, 1.165) is 41.2 Å². The summed E-state index contributed by atoms with van der Waals surface area (Å²) >= 11 is 3.51. The first-order valence-corrected chi connectivity index (χ1v) is 7.32. The maximum atomic E-state index is 5.73. The van der Waals surface area contributed by atoms with Crippen LogP contribution < -0.4 is 5.32 Å². The van der Waals surface area contributed by atoms with Crippen LogP contribution in [0, 0.1) is 6.92 Å². The van der Waals surface area contributed by atoms with E-state index in [1.165, 1.54) is 0 Å². The van der Waals surface area contributed by atoms with E-state index in [2.05, 4.69) is 45.1 Å². The van der Waals surface area contributed by atoms with E-state index in [9.17, 15) is 0 Å². The molecule has 5 heteroatoms. The van der Waals surface area contributed by atoms with Gasteiger partial charge in [-0.2, -0.15) is 0 Å². The zero-order chi connectivity index (χ0) is 13.5. The predicted octanol–water partition coefficient (Wildman–Crippen LogP) is 3.86. The molecule has 0 spiro atoms. The van der Waals surface area contributed by atoms with Crippen LogP contribution in [0.25, 0.3) is 0 Å². The van der Waals surface area contributed by atoms with Gasteiger partial charge in [0.05, 0.1) is 10.2 Å². The van der Waals surface area contributed by atoms with E-state index in [1.54, 1.807) is 0 Å². The maximum absolute atomic E-state index is 5.73. The molecule has 18 heavy (non-hydrogen) atoms. The fourth-order valence-corrected chi connectivity index (χ4v) is 2.08. The van der Waals surface area contributed by atoms with Crippen LogP contribution in [0.1, 0.15) is 51.2 Å². The second-order valence-electron chi connectivity index (χ2n) is 4.09. The average Bonchev–Trinajstić information content (AvgIpc) is 2.34. The summed E-state index contributed by atoms with van der Waals surface area (Å²) in [4.78, 5) is 9.10. The number of aryl methyl sites for hydroxylation is 1. The number of rotatable bonds is 7. The minimum absolute atomic E-state index is 0.00999. The monoisotopic (exact) mass is 315 g/mol. The molecular weight excluding hydrogens is 294 g/mol. The molecule has 0 saturated heterocycles. The van der Waals surface area contributed by atoms with E-state index >= 15 is 0 Å². The second-order valence-corrected chi connectivity index (χ2v) is 4.89. The smallest absolute Gasteiger partial charge is 0.159 e. The van der Waals surface area contributed by atoms with Gasteiger partial charge in [0.1, 0.15) is 11.9 Å². The third-order valence-corrected chi connectivity index (χ3v) is 3.53. The first kappa shape index (κ1) is 15.4. The highest BCUT2D eigenvalue weighted by atomic mass is 79.9. The Balaban J connectivity index is 3.06. The molecule has 102 valence electrons. The van der Waals surface area contributed by atoms with Gasteiger partial charge in [-0.3, -0.25) is 0 Å². The molecular formula is C13H22BrN3O. The van der Waals surface area contributed by atoms with Gasteiger partial charge in [-0.25, -0.2) is 9.97 Å². The number of aromatic nitrogens is 2. The normalized spacial score (nSPS) is 12.5. The molecule has 0 amide bonds. The maximum Gasteiger partial charge on any atom is 0.159 e. The fraction of sp³-hybridized carbons (Fsp3) is 0.692. The average molecular weight is 316 g/mol. The van der Waals surface area contributed by atoms with Crippen molar-refractivity contribution in [3.05, 3.63) is 16.0 Å². The number of anilines is 1. The Morgan fingerprint density at radius 1 is 1.28 bits per heavy atom. The van der Waals surface area contributed by atoms with Crippen molar-refractivity contribution in [3.63, 3.8) is 0 Å². The van der Waals surface area contributed by atoms with Crippen LogP contribution >= 0.6 is 15.9 Å². The lowest BCUT2D eigenvalue weighted by atomic mass is 10.2. The molecule has 4 nitrogen and oxygen atoms in total. The summed E-state index contributed by atoms with van der Waals surface area (Å²) in [6, 6.07) is 0. The number of hydrogen-bond acceptors (Lipinski definition) is 4. The van der Waals surface area contributed by atoms with Crippen LogP contribution in [-0.2, 0) is 4.74 Å². The van der Waals surface area contributed by atoms with Gasteiger partial charge in [0, 0.05) is 13.2 Å². The molecule has 0 aliphatic heterocycles. The summed E-state index contributed by atoms with van der Waals surface area (Å²) in [5.41, 5.74) is 0.941. The molecule has 0 saturated carbocycles. The topological polar surface area (TPSA) is 47.0 Å². The Hall–Kier alpha value is -0.680. The number of nitrogens with one attached hydrogen (secondary N) is 1. The van der Waals surface area contributed by atoms with Crippen LogP contribution in [0.5, 0.6) is 0 Å². The minimum Gasteiger partial charge on any atom is -0.371 e. The summed E-state index contributed by atoms with van der Waals surface area (Å²) in [5, 5.41) is 3.24. The van der Waals surface area contributed by atoms with E-state index in [1.807, 2.05) is 13.8 Å². The van der Waals surface area contributed by atoms with Crippen LogP contribution in [0.4, 0.5) is 5.82 Å². The van der Waals surface area contributed by atoms with Crippen molar-refractivity contribution in [1.82, 2.24) is 9.97 Å². The van der Waals surface area contributed by atoms with Crippen molar-refractivity contribution >= 4 is 21.7 Å². The van der Waals surface area contributed by atoms with Crippen molar-refractivity contribution in [3.8, 4) is 0 Å². The molecule has 0 aliphatic rings. The van der Waals surface area contributed by atoms with Crippen LogP contribution in [0.2, 0.25) is 0 Å². The lowest BCUT2D eigenvalue weighted by Gasteiger charge is -2.17. The Morgan fingerprint density at radius 3 is 2.56 bits per heavy atom. The zero-order valence-corrected chi connectivity index (χ0v) is 13.2. The first-order valence-electron chi connectivity index (χ1n) is 6.53. The predicted molar refractivity (Wildman–Crippen MR) is 77.9 cm³/mol. The van der Waals surface area contributed by atoms with Gasteiger partial charge >= 0.3 is 0 Å². The highest BCUT2D eigenvalue weighted by Crippen LogP contribution is 2.27. The minimum atomic E-state index is -0.00999. The van der Waals surface area contributed by atoms with Gasteiger partial charge in [0.2, 0.25) is 0 Å². The van der Waals surface area contributed by atoms with Crippen LogP contribution in [0.15, 0.2) is 4.47 Å². The van der Waals surface area contributed by atoms with E-state index < -0.39 is 0 Å². The van der Waals surface area contributed by atoms with Crippen molar-refractivity contribution in [2.45, 2.75) is 46.6 Å². The zero-order valence-electron chi connectivity index (χ0n) is 11.6. The molecule has 1 atom stereocenters. The molecule has 0 aliphatic carbocycles. The van der Waals surface area contributed by atoms with Crippen molar-refractivity contribution in [2.24, 2.45) is 0 Å². The molecule has 0 fully saturated rings. The molecule has 0 bridgehead atoms. The van der Waals surface area contributed by atoms with Crippen LogP contribution in [-0.4, -0.2) is 23.1 Å². The number of nitrogens with zero attached hydrogens (tertiary/aromatic N) is 2. The number of ether oxygens (including phenoxy) is 1. The van der Waals surface area contributed by atoms with Crippen molar-refractivity contribution in [1.29, 1.82) is 0 Å². The lowest BCUT2D eigenvalue weighted by molar-refractivity contribution is 0.0493. The lowest BCUT2D eigenvalue weighted by Crippen LogP contribution is -2.12. The van der Waals surface area contributed by atoms with Gasteiger partial charge in [-0.15, -0.1) is 0 Å². The highest BCUT2D eigenvalue weighted by Gasteiger charge is 2.17. The number of halogens is 1. The SMILES string of the molecule is CCCC(OCC)c1nc(C)c(Br)c(NCC)n1. The number of hydrogen-bond donors (Lipinski definition) is 1. The molecule has 1 heterocycles. The van der Waals surface area contributed by atoms with E-state index in [0.29, 0.717) is 6.61 Å². The van der Waals surface area contributed by atoms with Gasteiger partial charge in [-0.05, 0) is 43.1 Å². The first-order chi connectivity index (χ1) is 8.63. The Labute approximate surface area is 118 Å². The van der Waals surface area contributed by atoms with Gasteiger partial charge in [-0.1, -0.05) is 13.3 Å². The highest BCUT2D eigenvalue weighted by molar-refractivity contribution is 9.10. The summed E-state index contributed by atoms with van der Waals surface area (Å²) < 4.78 is 6.66. The summed E-state index contributed by atoms with van der Waals surface area (Å²) in [6.07, 6.45) is 1.99. The van der Waals surface area contributed by atoms with Crippen molar-refractivity contribution in [2.75, 3.05) is 18.5 Å². The van der Waals surface area contributed by atoms with E-state index in [4.69, 9.17) is 4.74 Å². The van der Waals surface area contributed by atoms with Gasteiger partial charge in [0.15, 0.2) is 5.82 Å². The molecule has 1 unspecified atom stereocenters. The summed E-state index contributed by atoms with van der Waals surface area (Å²) in [5.74, 6) is 1.62. The second kappa shape index (κ2) is 7.69. The van der Waals surface area contributed by atoms with Gasteiger partial charge in [0.25, 0.3) is 0 Å². The Kier molecular flexibility index (Phi) is 6.57. The fourth-order valence-electron chi connectivity index (χ4n) is 1.76. The third-order valence-electron chi connectivity index (χ3n) is 2.59. The molecule has 1 aromatic rings. The molecule has 1 aromatic heterocycles.